The van der Waals surface area contributed by atoms with Gasteiger partial charge in [0.05, 0.1) is 19.4 Å². The number of fused-ring (bicyclic) bond motifs is 1. The van der Waals surface area contributed by atoms with Gasteiger partial charge < -0.3 is 19.0 Å². The van der Waals surface area contributed by atoms with E-state index in [1.54, 1.807) is 19.4 Å². The van der Waals surface area contributed by atoms with Crippen LogP contribution in [0.1, 0.15) is 23.4 Å². The number of furan rings is 1. The van der Waals surface area contributed by atoms with Gasteiger partial charge in [-0.2, -0.15) is 0 Å². The average Bonchev–Trinajstić information content (AvgIpc) is 3.05. The second kappa shape index (κ2) is 6.94. The van der Waals surface area contributed by atoms with Gasteiger partial charge in [-0.05, 0) is 37.0 Å². The summed E-state index contributed by atoms with van der Waals surface area (Å²) in [6.07, 6.45) is 4.60. The molecule has 0 bridgehead atoms. The molecular weight excluding hydrogens is 280 g/mol. The molecule has 22 heavy (non-hydrogen) atoms. The van der Waals surface area contributed by atoms with Crippen LogP contribution < -0.4 is 10.9 Å². The van der Waals surface area contributed by atoms with Crippen LogP contribution in [0.15, 0.2) is 39.7 Å². The van der Waals surface area contributed by atoms with Gasteiger partial charge in [-0.3, -0.25) is 4.79 Å². The highest BCUT2D eigenvalue weighted by molar-refractivity contribution is 5.25. The van der Waals surface area contributed by atoms with Gasteiger partial charge in [-0.15, -0.1) is 0 Å². The molecule has 0 aromatic carbocycles. The number of methoxy groups -OCH3 is 1. The van der Waals surface area contributed by atoms with Gasteiger partial charge in [0.15, 0.2) is 0 Å². The van der Waals surface area contributed by atoms with E-state index < -0.39 is 0 Å². The zero-order chi connectivity index (χ0) is 15.4. The number of hydrogen-bond acceptors (Lipinski definition) is 4. The van der Waals surface area contributed by atoms with Gasteiger partial charge in [-0.25, -0.2) is 0 Å². The van der Waals surface area contributed by atoms with E-state index in [9.17, 15) is 4.79 Å². The number of pyridine rings is 1. The van der Waals surface area contributed by atoms with Crippen molar-refractivity contribution in [3.8, 4) is 0 Å². The van der Waals surface area contributed by atoms with Crippen molar-refractivity contribution in [2.45, 2.75) is 38.4 Å². The molecule has 1 N–H and O–H groups in total. The maximum atomic E-state index is 12.0. The summed E-state index contributed by atoms with van der Waals surface area (Å²) in [5.41, 5.74) is 2.50. The van der Waals surface area contributed by atoms with Gasteiger partial charge in [0.2, 0.25) is 0 Å². The molecule has 0 fully saturated rings. The molecule has 118 valence electrons. The van der Waals surface area contributed by atoms with E-state index in [0.717, 1.165) is 31.6 Å². The van der Waals surface area contributed by atoms with Gasteiger partial charge in [0, 0.05) is 31.5 Å². The van der Waals surface area contributed by atoms with E-state index in [-0.39, 0.29) is 5.56 Å². The normalized spacial score (nSPS) is 17.4. The van der Waals surface area contributed by atoms with Crippen molar-refractivity contribution in [2.24, 2.45) is 0 Å². The van der Waals surface area contributed by atoms with Gasteiger partial charge >= 0.3 is 0 Å². The van der Waals surface area contributed by atoms with E-state index in [4.69, 9.17) is 9.15 Å². The number of nitrogens with one attached hydrogen (secondary N) is 1. The van der Waals surface area contributed by atoms with E-state index in [1.807, 2.05) is 22.8 Å². The summed E-state index contributed by atoms with van der Waals surface area (Å²) < 4.78 is 12.3. The summed E-state index contributed by atoms with van der Waals surface area (Å²) in [7, 11) is 1.66. The minimum atomic E-state index is 0.0674. The summed E-state index contributed by atoms with van der Waals surface area (Å²) in [6.45, 7) is 1.94. The highest BCUT2D eigenvalue weighted by Crippen LogP contribution is 2.20. The second-order valence-electron chi connectivity index (χ2n) is 5.69. The van der Waals surface area contributed by atoms with Crippen molar-refractivity contribution in [1.82, 2.24) is 9.88 Å². The number of ether oxygens (including phenoxy) is 1. The SMILES string of the molecule is COCCn1c2c(ccc1=O)CC(NCc1ccco1)CC2. The summed E-state index contributed by atoms with van der Waals surface area (Å²) in [6, 6.07) is 7.95. The molecule has 0 saturated carbocycles. The standard InChI is InChI=1S/C17H22N2O3/c1-21-10-8-19-16-6-5-14(11-13(16)4-7-17(19)20)18-12-15-3-2-9-22-15/h2-4,7,9,14,18H,5-6,8,10-12H2,1H3. The zero-order valence-corrected chi connectivity index (χ0v) is 12.9. The first-order valence-electron chi connectivity index (χ1n) is 7.74. The molecule has 1 atom stereocenters. The zero-order valence-electron chi connectivity index (χ0n) is 12.9. The van der Waals surface area contributed by atoms with Gasteiger partial charge in [-0.1, -0.05) is 6.07 Å². The summed E-state index contributed by atoms with van der Waals surface area (Å²) in [4.78, 5) is 12.0. The van der Waals surface area contributed by atoms with Gasteiger partial charge in [0.25, 0.3) is 5.56 Å². The largest absolute Gasteiger partial charge is 0.468 e. The Bertz CT molecular complexity index is 661. The molecule has 0 saturated heterocycles. The van der Waals surface area contributed by atoms with Crippen molar-refractivity contribution in [3.63, 3.8) is 0 Å². The predicted molar refractivity (Wildman–Crippen MR) is 83.9 cm³/mol. The Labute approximate surface area is 129 Å². The van der Waals surface area contributed by atoms with Crippen LogP contribution in [0.2, 0.25) is 0 Å². The van der Waals surface area contributed by atoms with Crippen molar-refractivity contribution in [3.05, 3.63) is 57.9 Å². The average molecular weight is 302 g/mol. The first-order chi connectivity index (χ1) is 10.8. The molecule has 0 radical (unpaired) electrons. The lowest BCUT2D eigenvalue weighted by atomic mass is 9.91. The van der Waals surface area contributed by atoms with Crippen LogP contribution in [0, 0.1) is 0 Å². The lowest BCUT2D eigenvalue weighted by Gasteiger charge is -2.27. The van der Waals surface area contributed by atoms with Crippen LogP contribution in [-0.4, -0.2) is 24.3 Å². The van der Waals surface area contributed by atoms with E-state index in [0.29, 0.717) is 19.2 Å². The Morgan fingerprint density at radius 1 is 1.41 bits per heavy atom. The van der Waals surface area contributed by atoms with Crippen molar-refractivity contribution >= 4 is 0 Å². The molecule has 0 spiro atoms. The minimum Gasteiger partial charge on any atom is -0.468 e. The van der Waals surface area contributed by atoms with E-state index >= 15 is 0 Å². The van der Waals surface area contributed by atoms with Crippen LogP contribution in [0.25, 0.3) is 0 Å². The lowest BCUT2D eigenvalue weighted by molar-refractivity contribution is 0.184. The van der Waals surface area contributed by atoms with Crippen LogP contribution in [0.5, 0.6) is 0 Å². The fourth-order valence-corrected chi connectivity index (χ4v) is 3.08. The number of hydrogen-bond donors (Lipinski definition) is 1. The maximum absolute atomic E-state index is 12.0. The molecule has 1 unspecified atom stereocenters. The molecule has 0 amide bonds. The molecule has 2 aromatic heterocycles. The van der Waals surface area contributed by atoms with Crippen LogP contribution >= 0.6 is 0 Å². The van der Waals surface area contributed by atoms with E-state index in [1.165, 1.54) is 11.3 Å². The summed E-state index contributed by atoms with van der Waals surface area (Å²) in [5.74, 6) is 0.955. The molecule has 5 nitrogen and oxygen atoms in total. The fourth-order valence-electron chi connectivity index (χ4n) is 3.08. The highest BCUT2D eigenvalue weighted by Gasteiger charge is 2.21. The molecule has 2 aromatic rings. The Balaban J connectivity index is 1.69. The quantitative estimate of drug-likeness (QED) is 0.883. The number of rotatable bonds is 6. The molecule has 0 aliphatic heterocycles. The Kier molecular flexibility index (Phi) is 4.75. The second-order valence-corrected chi connectivity index (χ2v) is 5.69. The summed E-state index contributed by atoms with van der Waals surface area (Å²) >= 11 is 0. The molecular formula is C17H22N2O3. The third-order valence-electron chi connectivity index (χ3n) is 4.25. The molecule has 3 rings (SSSR count). The maximum Gasteiger partial charge on any atom is 0.250 e. The predicted octanol–water partition coefficient (Wildman–Crippen LogP) is 1.73. The Morgan fingerprint density at radius 3 is 3.09 bits per heavy atom. The Morgan fingerprint density at radius 2 is 2.32 bits per heavy atom. The smallest absolute Gasteiger partial charge is 0.250 e. The first kappa shape index (κ1) is 15.1. The molecule has 5 heteroatoms. The topological polar surface area (TPSA) is 56.4 Å². The van der Waals surface area contributed by atoms with E-state index in [2.05, 4.69) is 5.32 Å². The van der Waals surface area contributed by atoms with Crippen LogP contribution in [-0.2, 0) is 30.7 Å². The monoisotopic (exact) mass is 302 g/mol. The molecule has 2 heterocycles. The third-order valence-corrected chi connectivity index (χ3v) is 4.25. The highest BCUT2D eigenvalue weighted by atomic mass is 16.5. The number of aromatic nitrogens is 1. The van der Waals surface area contributed by atoms with Crippen LogP contribution in [0.3, 0.4) is 0 Å². The third kappa shape index (κ3) is 3.31. The van der Waals surface area contributed by atoms with Crippen molar-refractivity contribution in [1.29, 1.82) is 0 Å². The van der Waals surface area contributed by atoms with Gasteiger partial charge in [0.1, 0.15) is 5.76 Å². The number of nitrogens with zero attached hydrogens (tertiary/aromatic N) is 1. The first-order valence-corrected chi connectivity index (χ1v) is 7.74. The summed E-state index contributed by atoms with van der Waals surface area (Å²) in [5, 5.41) is 3.54. The molecule has 1 aliphatic rings. The molecule has 1 aliphatic carbocycles. The lowest BCUT2D eigenvalue weighted by Crippen LogP contribution is -2.37. The minimum absolute atomic E-state index is 0.0674. The fraction of sp³-hybridized carbons (Fsp3) is 0.471. The Hall–Kier alpha value is -1.85. The van der Waals surface area contributed by atoms with Crippen molar-refractivity contribution in [2.75, 3.05) is 13.7 Å². The van der Waals surface area contributed by atoms with Crippen molar-refractivity contribution < 1.29 is 9.15 Å². The van der Waals surface area contributed by atoms with Crippen LogP contribution in [0.4, 0.5) is 0 Å².